The summed E-state index contributed by atoms with van der Waals surface area (Å²) in [5, 5.41) is 6.00. The molecule has 0 saturated carbocycles. The standard InChI is InChI=1S/C22H28F3N5O/c1-21(2,3)30-20(28-18(27)13-17(26)14-7-5-4-6-8-14)29-19(31)15-9-11-16(12-10-15)22(23,24)25/h4-12,17-18H,13,26-27H2,1-3H3,(H2,28,29,30,31). The molecular formula is C22H28F3N5O. The number of carbonyl (C=O) groups is 1. The number of aliphatic imine (C=N–C) groups is 1. The van der Waals surface area contributed by atoms with Crippen LogP contribution >= 0.6 is 0 Å². The second-order valence-electron chi connectivity index (χ2n) is 8.22. The molecule has 2 unspecified atom stereocenters. The van der Waals surface area contributed by atoms with Crippen LogP contribution < -0.4 is 22.1 Å². The quantitative estimate of drug-likeness (QED) is 0.327. The summed E-state index contributed by atoms with van der Waals surface area (Å²) in [5.74, 6) is -0.585. The monoisotopic (exact) mass is 435 g/mol. The maximum absolute atomic E-state index is 12.7. The summed E-state index contributed by atoms with van der Waals surface area (Å²) in [6.45, 7) is 5.61. The highest BCUT2D eigenvalue weighted by Gasteiger charge is 2.30. The van der Waals surface area contributed by atoms with Gasteiger partial charge in [-0.2, -0.15) is 18.2 Å². The average Bonchev–Trinajstić information content (AvgIpc) is 2.66. The highest BCUT2D eigenvalue weighted by Crippen LogP contribution is 2.29. The van der Waals surface area contributed by atoms with Gasteiger partial charge in [-0.15, -0.1) is 0 Å². The molecule has 0 aliphatic carbocycles. The van der Waals surface area contributed by atoms with Crippen molar-refractivity contribution >= 4 is 11.9 Å². The van der Waals surface area contributed by atoms with Crippen LogP contribution in [0.1, 0.15) is 54.7 Å². The summed E-state index contributed by atoms with van der Waals surface area (Å²) in [7, 11) is 0. The van der Waals surface area contributed by atoms with Gasteiger partial charge in [0.2, 0.25) is 5.96 Å². The molecule has 0 aromatic heterocycles. The van der Waals surface area contributed by atoms with Crippen LogP contribution in [0.15, 0.2) is 59.6 Å². The van der Waals surface area contributed by atoms with E-state index >= 15 is 0 Å². The van der Waals surface area contributed by atoms with Gasteiger partial charge < -0.3 is 22.1 Å². The molecule has 9 heteroatoms. The van der Waals surface area contributed by atoms with Crippen molar-refractivity contribution in [2.45, 2.75) is 51.1 Å². The maximum atomic E-state index is 12.7. The number of halogens is 3. The van der Waals surface area contributed by atoms with Gasteiger partial charge in [0.15, 0.2) is 0 Å². The van der Waals surface area contributed by atoms with Crippen LogP contribution in [0.25, 0.3) is 0 Å². The highest BCUT2D eigenvalue weighted by molar-refractivity contribution is 6.02. The van der Waals surface area contributed by atoms with Gasteiger partial charge in [0, 0.05) is 17.1 Å². The zero-order chi connectivity index (χ0) is 23.2. The second-order valence-corrected chi connectivity index (χ2v) is 8.22. The lowest BCUT2D eigenvalue weighted by atomic mass is 10.0. The fourth-order valence-electron chi connectivity index (χ4n) is 2.76. The largest absolute Gasteiger partial charge is 0.416 e. The molecule has 0 saturated heterocycles. The summed E-state index contributed by atoms with van der Waals surface area (Å²) in [6.07, 6.45) is -4.73. The van der Waals surface area contributed by atoms with E-state index < -0.39 is 29.4 Å². The Morgan fingerprint density at radius 1 is 1.00 bits per heavy atom. The minimum absolute atomic E-state index is 0.0255. The third kappa shape index (κ3) is 8.03. The van der Waals surface area contributed by atoms with E-state index in [1.807, 2.05) is 51.1 Å². The predicted molar refractivity (Wildman–Crippen MR) is 115 cm³/mol. The number of amides is 1. The molecule has 0 fully saturated rings. The summed E-state index contributed by atoms with van der Waals surface area (Å²) < 4.78 is 38.2. The van der Waals surface area contributed by atoms with Gasteiger partial charge in [0.05, 0.1) is 11.7 Å². The van der Waals surface area contributed by atoms with Crippen LogP contribution in [-0.2, 0) is 6.18 Å². The van der Waals surface area contributed by atoms with Gasteiger partial charge >= 0.3 is 6.18 Å². The Bertz CT molecular complexity index is 890. The van der Waals surface area contributed by atoms with E-state index in [1.54, 1.807) is 0 Å². The van der Waals surface area contributed by atoms with E-state index in [-0.39, 0.29) is 17.6 Å². The van der Waals surface area contributed by atoms with Crippen LogP contribution in [0.5, 0.6) is 0 Å². The number of hydrogen-bond acceptors (Lipinski definition) is 3. The molecule has 0 heterocycles. The summed E-state index contributed by atoms with van der Waals surface area (Å²) >= 11 is 0. The molecule has 0 radical (unpaired) electrons. The predicted octanol–water partition coefficient (Wildman–Crippen LogP) is 3.55. The van der Waals surface area contributed by atoms with Crippen molar-refractivity contribution < 1.29 is 18.0 Å². The molecule has 6 nitrogen and oxygen atoms in total. The van der Waals surface area contributed by atoms with Gasteiger partial charge in [-0.05, 0) is 57.0 Å². The van der Waals surface area contributed by atoms with Crippen LogP contribution in [-0.4, -0.2) is 23.6 Å². The third-order valence-electron chi connectivity index (χ3n) is 4.22. The van der Waals surface area contributed by atoms with Crippen LogP contribution in [0.4, 0.5) is 13.2 Å². The lowest BCUT2D eigenvalue weighted by molar-refractivity contribution is -0.137. The lowest BCUT2D eigenvalue weighted by Gasteiger charge is -2.27. The number of guanidine groups is 1. The first-order valence-electron chi connectivity index (χ1n) is 9.76. The van der Waals surface area contributed by atoms with E-state index in [0.29, 0.717) is 6.42 Å². The van der Waals surface area contributed by atoms with Gasteiger partial charge in [-0.25, -0.2) is 0 Å². The number of nitrogens with zero attached hydrogens (tertiary/aromatic N) is 1. The number of rotatable bonds is 5. The van der Waals surface area contributed by atoms with Crippen LogP contribution in [0, 0.1) is 0 Å². The Morgan fingerprint density at radius 3 is 2.10 bits per heavy atom. The Labute approximate surface area is 179 Å². The van der Waals surface area contributed by atoms with E-state index in [0.717, 1.165) is 29.8 Å². The minimum Gasteiger partial charge on any atom is -0.351 e. The first-order valence-corrected chi connectivity index (χ1v) is 9.76. The average molecular weight is 435 g/mol. The van der Waals surface area contributed by atoms with Crippen molar-refractivity contribution in [3.63, 3.8) is 0 Å². The molecular weight excluding hydrogens is 407 g/mol. The molecule has 0 bridgehead atoms. The van der Waals surface area contributed by atoms with Crippen molar-refractivity contribution in [2.24, 2.45) is 16.5 Å². The first kappa shape index (κ1) is 24.4. The molecule has 0 aliphatic heterocycles. The van der Waals surface area contributed by atoms with E-state index in [1.165, 1.54) is 0 Å². The first-order chi connectivity index (χ1) is 14.3. The topological polar surface area (TPSA) is 106 Å². The molecule has 168 valence electrons. The van der Waals surface area contributed by atoms with Crippen LogP contribution in [0.3, 0.4) is 0 Å². The number of hydrogen-bond donors (Lipinski definition) is 4. The second kappa shape index (κ2) is 9.93. The Hall–Kier alpha value is -2.91. The molecule has 2 aromatic carbocycles. The molecule has 2 atom stereocenters. The van der Waals surface area contributed by atoms with Crippen LogP contribution in [0.2, 0.25) is 0 Å². The number of benzene rings is 2. The molecule has 0 spiro atoms. The van der Waals surface area contributed by atoms with Crippen molar-refractivity contribution in [3.8, 4) is 0 Å². The number of carbonyl (C=O) groups excluding carboxylic acids is 1. The summed E-state index contributed by atoms with van der Waals surface area (Å²) in [5.41, 5.74) is 12.0. The van der Waals surface area contributed by atoms with Crippen molar-refractivity contribution in [1.82, 2.24) is 10.6 Å². The molecule has 2 aromatic rings. The molecule has 0 aliphatic rings. The molecule has 6 N–H and O–H groups in total. The smallest absolute Gasteiger partial charge is 0.351 e. The van der Waals surface area contributed by atoms with Gasteiger partial charge in [-0.1, -0.05) is 30.3 Å². The van der Waals surface area contributed by atoms with Gasteiger partial charge in [0.25, 0.3) is 5.91 Å². The fraction of sp³-hybridized carbons (Fsp3) is 0.364. The molecule has 31 heavy (non-hydrogen) atoms. The fourth-order valence-corrected chi connectivity index (χ4v) is 2.76. The highest BCUT2D eigenvalue weighted by atomic mass is 19.4. The lowest BCUT2D eigenvalue weighted by Crippen LogP contribution is -2.54. The van der Waals surface area contributed by atoms with E-state index in [4.69, 9.17) is 11.5 Å². The maximum Gasteiger partial charge on any atom is 0.416 e. The van der Waals surface area contributed by atoms with E-state index in [9.17, 15) is 18.0 Å². The summed E-state index contributed by atoms with van der Waals surface area (Å²) in [6, 6.07) is 13.0. The summed E-state index contributed by atoms with van der Waals surface area (Å²) in [4.78, 5) is 16.5. The SMILES string of the molecule is CC(C)(C)N/C(=N/C(=O)c1ccc(C(F)(F)F)cc1)NC(N)CC(N)c1ccccc1. The normalized spacial score (nSPS) is 14.6. The van der Waals surface area contributed by atoms with Crippen molar-refractivity contribution in [2.75, 3.05) is 0 Å². The number of nitrogens with two attached hydrogens (primary N) is 2. The molecule has 1 amide bonds. The van der Waals surface area contributed by atoms with Crippen molar-refractivity contribution in [3.05, 3.63) is 71.3 Å². The Morgan fingerprint density at radius 2 is 1.58 bits per heavy atom. The zero-order valence-electron chi connectivity index (χ0n) is 17.7. The Balaban J connectivity index is 2.15. The number of alkyl halides is 3. The molecule has 2 rings (SSSR count). The van der Waals surface area contributed by atoms with Gasteiger partial charge in [0.1, 0.15) is 0 Å². The Kier molecular flexibility index (Phi) is 7.80. The minimum atomic E-state index is -4.48. The van der Waals surface area contributed by atoms with Gasteiger partial charge in [-0.3, -0.25) is 4.79 Å². The van der Waals surface area contributed by atoms with Crippen molar-refractivity contribution in [1.29, 1.82) is 0 Å². The van der Waals surface area contributed by atoms with E-state index in [2.05, 4.69) is 15.6 Å². The third-order valence-corrected chi connectivity index (χ3v) is 4.22. The number of nitrogens with one attached hydrogen (secondary N) is 2. The zero-order valence-corrected chi connectivity index (χ0v) is 17.7.